The number of hydrogen-bond donors (Lipinski definition) is 1. The van der Waals surface area contributed by atoms with Gasteiger partial charge in [-0.05, 0) is 56.5 Å². The third-order valence-corrected chi connectivity index (χ3v) is 4.51. The summed E-state index contributed by atoms with van der Waals surface area (Å²) in [6.07, 6.45) is 6.99. The van der Waals surface area contributed by atoms with E-state index in [1.165, 1.54) is 30.8 Å². The minimum Gasteiger partial charge on any atom is -0.452 e. The minimum atomic E-state index is -0.575. The lowest BCUT2D eigenvalue weighted by molar-refractivity contribution is -0.142. The first-order chi connectivity index (χ1) is 12.5. The molecule has 0 aliphatic heterocycles. The Kier molecular flexibility index (Phi) is 5.42. The molecule has 0 radical (unpaired) electrons. The van der Waals surface area contributed by atoms with Crippen LogP contribution in [0.15, 0.2) is 30.5 Å². The number of aromatic nitrogens is 2. The van der Waals surface area contributed by atoms with Crippen LogP contribution in [0.3, 0.4) is 0 Å². The van der Waals surface area contributed by atoms with Crippen molar-refractivity contribution in [2.24, 2.45) is 0 Å². The first-order valence-electron chi connectivity index (χ1n) is 8.39. The highest BCUT2D eigenvalue weighted by Crippen LogP contribution is 2.38. The SMILES string of the molecule is Cc1cc(/C=C/C(=O)OCC(=O)Nc2cccnc2Cl)c(C)n1C1CC1. The number of carbonyl (C=O) groups excluding carboxylic acids is 2. The van der Waals surface area contributed by atoms with Gasteiger partial charge in [-0.15, -0.1) is 0 Å². The lowest BCUT2D eigenvalue weighted by Gasteiger charge is -2.07. The van der Waals surface area contributed by atoms with E-state index in [0.29, 0.717) is 11.7 Å². The lowest BCUT2D eigenvalue weighted by Crippen LogP contribution is -2.20. The summed E-state index contributed by atoms with van der Waals surface area (Å²) in [5.41, 5.74) is 3.68. The molecule has 2 aromatic rings. The maximum absolute atomic E-state index is 11.9. The molecule has 2 heterocycles. The van der Waals surface area contributed by atoms with Crippen molar-refractivity contribution in [1.82, 2.24) is 9.55 Å². The summed E-state index contributed by atoms with van der Waals surface area (Å²) in [4.78, 5) is 27.5. The molecule has 26 heavy (non-hydrogen) atoms. The number of halogens is 1. The van der Waals surface area contributed by atoms with Crippen molar-refractivity contribution in [3.05, 3.63) is 52.6 Å². The van der Waals surface area contributed by atoms with E-state index in [-0.39, 0.29) is 5.15 Å². The fourth-order valence-electron chi connectivity index (χ4n) is 2.87. The molecule has 0 unspecified atom stereocenters. The van der Waals surface area contributed by atoms with E-state index in [1.54, 1.807) is 18.2 Å². The topological polar surface area (TPSA) is 73.2 Å². The lowest BCUT2D eigenvalue weighted by atomic mass is 10.2. The van der Waals surface area contributed by atoms with E-state index >= 15 is 0 Å². The summed E-state index contributed by atoms with van der Waals surface area (Å²) in [5.74, 6) is -1.05. The third-order valence-electron chi connectivity index (χ3n) is 4.21. The van der Waals surface area contributed by atoms with Gasteiger partial charge in [0.05, 0.1) is 5.69 Å². The molecule has 1 aliphatic carbocycles. The first-order valence-corrected chi connectivity index (χ1v) is 8.77. The van der Waals surface area contributed by atoms with Crippen LogP contribution < -0.4 is 5.32 Å². The molecule has 7 heteroatoms. The van der Waals surface area contributed by atoms with Gasteiger partial charge in [-0.1, -0.05) is 11.6 Å². The number of nitrogens with zero attached hydrogens (tertiary/aromatic N) is 2. The molecule has 1 amide bonds. The van der Waals surface area contributed by atoms with Crippen LogP contribution in [0.5, 0.6) is 0 Å². The van der Waals surface area contributed by atoms with Crippen LogP contribution in [0.2, 0.25) is 5.15 Å². The van der Waals surface area contributed by atoms with Gasteiger partial charge in [0.2, 0.25) is 0 Å². The largest absolute Gasteiger partial charge is 0.452 e. The van der Waals surface area contributed by atoms with Crippen molar-refractivity contribution >= 4 is 35.2 Å². The molecule has 0 aromatic carbocycles. The summed E-state index contributed by atoms with van der Waals surface area (Å²) in [6.45, 7) is 3.71. The van der Waals surface area contributed by atoms with Gasteiger partial charge in [-0.3, -0.25) is 4.79 Å². The molecule has 136 valence electrons. The Morgan fingerprint density at radius 3 is 2.88 bits per heavy atom. The second kappa shape index (κ2) is 7.74. The second-order valence-corrected chi connectivity index (χ2v) is 6.62. The fraction of sp³-hybridized carbons (Fsp3) is 0.316. The molecular formula is C19H20ClN3O3. The van der Waals surface area contributed by atoms with Crippen molar-refractivity contribution in [1.29, 1.82) is 0 Å². The summed E-state index contributed by atoms with van der Waals surface area (Å²) in [5, 5.41) is 2.72. The maximum Gasteiger partial charge on any atom is 0.331 e. The van der Waals surface area contributed by atoms with Crippen LogP contribution in [0.4, 0.5) is 5.69 Å². The van der Waals surface area contributed by atoms with Crippen molar-refractivity contribution < 1.29 is 14.3 Å². The van der Waals surface area contributed by atoms with Crippen LogP contribution in [0.25, 0.3) is 6.08 Å². The average Bonchev–Trinajstić information content (AvgIpc) is 3.39. The number of esters is 1. The van der Waals surface area contributed by atoms with Crippen LogP contribution in [-0.4, -0.2) is 28.0 Å². The maximum atomic E-state index is 11.9. The molecule has 0 bridgehead atoms. The van der Waals surface area contributed by atoms with Gasteiger partial charge in [0.15, 0.2) is 11.8 Å². The zero-order valence-corrected chi connectivity index (χ0v) is 15.4. The van der Waals surface area contributed by atoms with Crippen molar-refractivity contribution in [3.8, 4) is 0 Å². The molecule has 1 fully saturated rings. The van der Waals surface area contributed by atoms with E-state index < -0.39 is 18.5 Å². The van der Waals surface area contributed by atoms with Gasteiger partial charge < -0.3 is 14.6 Å². The molecule has 0 saturated heterocycles. The van der Waals surface area contributed by atoms with Gasteiger partial charge in [0, 0.05) is 29.7 Å². The van der Waals surface area contributed by atoms with Crippen LogP contribution in [0, 0.1) is 13.8 Å². The number of hydrogen-bond acceptors (Lipinski definition) is 4. The Morgan fingerprint density at radius 1 is 1.42 bits per heavy atom. The number of rotatable bonds is 6. The quantitative estimate of drug-likeness (QED) is 0.476. The van der Waals surface area contributed by atoms with Crippen LogP contribution in [0.1, 0.15) is 35.8 Å². The number of ether oxygens (including phenoxy) is 1. The number of aryl methyl sites for hydroxylation is 1. The average molecular weight is 374 g/mol. The summed E-state index contributed by atoms with van der Waals surface area (Å²) in [6, 6.07) is 5.90. The molecular weight excluding hydrogens is 354 g/mol. The van der Waals surface area contributed by atoms with Gasteiger partial charge >= 0.3 is 5.97 Å². The summed E-state index contributed by atoms with van der Waals surface area (Å²) >= 11 is 5.86. The van der Waals surface area contributed by atoms with Crippen LogP contribution in [-0.2, 0) is 14.3 Å². The summed E-state index contributed by atoms with van der Waals surface area (Å²) < 4.78 is 7.27. The van der Waals surface area contributed by atoms with Gasteiger partial charge in [0.25, 0.3) is 5.91 Å². The zero-order valence-electron chi connectivity index (χ0n) is 14.7. The predicted molar refractivity (Wildman–Crippen MR) is 100 cm³/mol. The molecule has 1 N–H and O–H groups in total. The second-order valence-electron chi connectivity index (χ2n) is 6.26. The van der Waals surface area contributed by atoms with Crippen molar-refractivity contribution in [3.63, 3.8) is 0 Å². The highest BCUT2D eigenvalue weighted by Gasteiger charge is 2.26. The molecule has 2 aromatic heterocycles. The van der Waals surface area contributed by atoms with E-state index in [4.69, 9.17) is 16.3 Å². The standard InChI is InChI=1S/C19H20ClN3O3/c1-12-10-14(13(2)23(12)15-6-7-15)5-8-18(25)26-11-17(24)22-16-4-3-9-21-19(16)20/h3-5,8-10,15H,6-7,11H2,1-2H3,(H,22,24)/b8-5+. The predicted octanol–water partition coefficient (Wildman–Crippen LogP) is 3.68. The number of pyridine rings is 1. The molecule has 0 atom stereocenters. The Labute approximate surface area is 156 Å². The van der Waals surface area contributed by atoms with E-state index in [2.05, 4.69) is 27.9 Å². The molecule has 1 saturated carbocycles. The molecule has 1 aliphatic rings. The first kappa shape index (κ1) is 18.2. The normalized spacial score (nSPS) is 13.8. The van der Waals surface area contributed by atoms with Crippen molar-refractivity contribution in [2.45, 2.75) is 32.7 Å². The smallest absolute Gasteiger partial charge is 0.331 e. The highest BCUT2D eigenvalue weighted by molar-refractivity contribution is 6.32. The summed E-state index contributed by atoms with van der Waals surface area (Å²) in [7, 11) is 0. The van der Waals surface area contributed by atoms with E-state index in [9.17, 15) is 9.59 Å². The van der Waals surface area contributed by atoms with Gasteiger partial charge in [0.1, 0.15) is 0 Å². The van der Waals surface area contributed by atoms with Gasteiger partial charge in [-0.25, -0.2) is 9.78 Å². The monoisotopic (exact) mass is 373 g/mol. The number of amides is 1. The molecule has 0 spiro atoms. The van der Waals surface area contributed by atoms with Gasteiger partial charge in [-0.2, -0.15) is 0 Å². The van der Waals surface area contributed by atoms with Crippen molar-refractivity contribution in [2.75, 3.05) is 11.9 Å². The minimum absolute atomic E-state index is 0.179. The zero-order chi connectivity index (χ0) is 18.7. The number of carbonyl (C=O) groups is 2. The Morgan fingerprint density at radius 2 is 2.19 bits per heavy atom. The highest BCUT2D eigenvalue weighted by atomic mass is 35.5. The Bertz CT molecular complexity index is 869. The number of nitrogens with one attached hydrogen (secondary N) is 1. The van der Waals surface area contributed by atoms with E-state index in [0.717, 1.165) is 11.3 Å². The van der Waals surface area contributed by atoms with Crippen LogP contribution >= 0.6 is 11.6 Å². The van der Waals surface area contributed by atoms with E-state index in [1.807, 2.05) is 6.92 Å². The molecule has 6 nitrogen and oxygen atoms in total. The molecule has 3 rings (SSSR count). The third kappa shape index (κ3) is 4.32. The fourth-order valence-corrected chi connectivity index (χ4v) is 3.04. The Hall–Kier alpha value is -2.60. The number of anilines is 1. The Balaban J connectivity index is 1.53.